The molecule has 1 aromatic rings. The van der Waals surface area contributed by atoms with Crippen LogP contribution in [0, 0.1) is 5.92 Å². The standard InChI is InChI=1S/C40H57N5O9/c1-39(2,3)54-37(50)41-31-14-10-7-5-6-9-13-27-23-40(27,36(48)49)42-34(46)32-22-29(24-45(32)35(31)47)53-38(51)44-20-17-26-21-28(52-4)15-16-30(26)33(44)25-43-18-11-8-12-19-43/h9,13,15-16,21,27,29,31-33H,5-8,10-12,14,17-20,22-25H2,1-4H3,(H,41,50)(H,42,46)(H,48,49)/t27-,29-,31+,32+,33?,40-/m1/s1. The van der Waals surface area contributed by atoms with Crippen LogP contribution in [0.1, 0.15) is 102 Å². The number of likely N-dealkylation sites (tertiary alicyclic amines) is 1. The lowest BCUT2D eigenvalue weighted by atomic mass is 9.91. The Morgan fingerprint density at radius 1 is 1.04 bits per heavy atom. The number of aliphatic carboxylic acids is 1. The van der Waals surface area contributed by atoms with Gasteiger partial charge in [-0.3, -0.25) is 14.5 Å². The Hall–Kier alpha value is -4.33. The van der Waals surface area contributed by atoms with E-state index in [-0.39, 0.29) is 31.3 Å². The number of fused-ring (bicyclic) bond motifs is 3. The van der Waals surface area contributed by atoms with Crippen molar-refractivity contribution in [2.75, 3.05) is 39.8 Å². The molecule has 3 N–H and O–H groups in total. The number of alkyl carbamates (subject to hydrolysis) is 1. The predicted octanol–water partition coefficient (Wildman–Crippen LogP) is 4.56. The molecule has 1 aliphatic carbocycles. The zero-order valence-corrected chi connectivity index (χ0v) is 32.1. The SMILES string of the molecule is COc1ccc2c(c1)CCN(C(=O)O[C@@H]1C[C@H]3C(=O)N[C@]4(C(=O)O)C[C@H]4C=CCCCCC[C@H](NC(=O)OC(C)(C)C)C(=O)N3C1)C2CN1CCCCC1. The fourth-order valence-corrected chi connectivity index (χ4v) is 8.42. The highest BCUT2D eigenvalue weighted by molar-refractivity contribution is 5.96. The van der Waals surface area contributed by atoms with Gasteiger partial charge in [0.2, 0.25) is 11.8 Å². The Balaban J connectivity index is 1.25. The summed E-state index contributed by atoms with van der Waals surface area (Å²) in [6.07, 6.45) is 9.19. The molecule has 14 nitrogen and oxygen atoms in total. The van der Waals surface area contributed by atoms with Crippen LogP contribution in [0.3, 0.4) is 0 Å². The second-order valence-electron chi connectivity index (χ2n) is 16.5. The summed E-state index contributed by atoms with van der Waals surface area (Å²) in [4.78, 5) is 73.6. The number of hydrogen-bond acceptors (Lipinski definition) is 9. The zero-order chi connectivity index (χ0) is 38.6. The topological polar surface area (TPSA) is 167 Å². The lowest BCUT2D eigenvalue weighted by Crippen LogP contribution is -2.56. The molecule has 2 saturated heterocycles. The largest absolute Gasteiger partial charge is 0.497 e. The first-order valence-corrected chi connectivity index (χ1v) is 19.7. The second-order valence-corrected chi connectivity index (χ2v) is 16.5. The molecule has 0 radical (unpaired) electrons. The maximum atomic E-state index is 14.4. The van der Waals surface area contributed by atoms with E-state index in [2.05, 4.69) is 15.5 Å². The molecule has 6 atom stereocenters. The lowest BCUT2D eigenvalue weighted by Gasteiger charge is -2.40. The normalized spacial score (nSPS) is 29.4. The van der Waals surface area contributed by atoms with Gasteiger partial charge in [-0.1, -0.05) is 37.5 Å². The Labute approximate surface area is 317 Å². The minimum Gasteiger partial charge on any atom is -0.497 e. The van der Waals surface area contributed by atoms with Crippen LogP contribution in [0.4, 0.5) is 9.59 Å². The molecule has 0 aromatic heterocycles. The monoisotopic (exact) mass is 751 g/mol. The number of nitrogens with zero attached hydrogens (tertiary/aromatic N) is 3. The maximum absolute atomic E-state index is 14.4. The summed E-state index contributed by atoms with van der Waals surface area (Å²) in [5.41, 5.74) is -0.107. The van der Waals surface area contributed by atoms with Crippen LogP contribution in [-0.2, 0) is 30.3 Å². The highest BCUT2D eigenvalue weighted by Crippen LogP contribution is 2.45. The Morgan fingerprint density at radius 3 is 2.52 bits per heavy atom. The molecule has 4 amide bonds. The van der Waals surface area contributed by atoms with Crippen molar-refractivity contribution in [1.82, 2.24) is 25.3 Å². The molecule has 0 bridgehead atoms. The Morgan fingerprint density at radius 2 is 1.80 bits per heavy atom. The number of ether oxygens (including phenoxy) is 3. The van der Waals surface area contributed by atoms with Gasteiger partial charge in [-0.2, -0.15) is 0 Å². The van der Waals surface area contributed by atoms with Crippen LogP contribution in [-0.4, -0.2) is 119 Å². The van der Waals surface area contributed by atoms with Crippen molar-refractivity contribution < 1.29 is 43.3 Å². The number of methoxy groups -OCH3 is 1. The van der Waals surface area contributed by atoms with E-state index in [1.807, 2.05) is 30.4 Å². The molecule has 0 spiro atoms. The van der Waals surface area contributed by atoms with Crippen molar-refractivity contribution in [3.8, 4) is 5.75 Å². The molecule has 4 aliphatic heterocycles. The van der Waals surface area contributed by atoms with E-state index in [0.717, 1.165) is 62.1 Å². The van der Waals surface area contributed by atoms with Crippen molar-refractivity contribution in [3.05, 3.63) is 41.5 Å². The predicted molar refractivity (Wildman–Crippen MR) is 199 cm³/mol. The Kier molecular flexibility index (Phi) is 12.1. The molecule has 6 rings (SSSR count). The molecule has 14 heteroatoms. The smallest absolute Gasteiger partial charge is 0.410 e. The number of allylic oxidation sites excluding steroid dienone is 1. The van der Waals surface area contributed by atoms with Gasteiger partial charge in [-0.05, 0) is 102 Å². The van der Waals surface area contributed by atoms with Gasteiger partial charge >= 0.3 is 18.2 Å². The van der Waals surface area contributed by atoms with Crippen LogP contribution < -0.4 is 15.4 Å². The summed E-state index contributed by atoms with van der Waals surface area (Å²) in [6.45, 7) is 8.09. The van der Waals surface area contributed by atoms with E-state index < -0.39 is 59.3 Å². The van der Waals surface area contributed by atoms with Crippen molar-refractivity contribution >= 4 is 30.0 Å². The van der Waals surface area contributed by atoms with Gasteiger partial charge in [-0.15, -0.1) is 0 Å². The quantitative estimate of drug-likeness (QED) is 0.351. The number of hydrogen-bond donors (Lipinski definition) is 3. The highest BCUT2D eigenvalue weighted by atomic mass is 16.6. The van der Waals surface area contributed by atoms with Gasteiger partial charge in [0.15, 0.2) is 0 Å². The van der Waals surface area contributed by atoms with E-state index in [1.54, 1.807) is 32.8 Å². The molecule has 1 unspecified atom stereocenters. The summed E-state index contributed by atoms with van der Waals surface area (Å²) in [7, 11) is 1.64. The van der Waals surface area contributed by atoms with E-state index in [0.29, 0.717) is 32.4 Å². The summed E-state index contributed by atoms with van der Waals surface area (Å²) in [5.74, 6) is -1.89. The van der Waals surface area contributed by atoms with Gasteiger partial charge in [0.05, 0.1) is 19.7 Å². The summed E-state index contributed by atoms with van der Waals surface area (Å²) in [5, 5.41) is 15.7. The van der Waals surface area contributed by atoms with Gasteiger partial charge < -0.3 is 39.8 Å². The van der Waals surface area contributed by atoms with Crippen LogP contribution in [0.15, 0.2) is 30.4 Å². The number of rotatable bonds is 6. The zero-order valence-electron chi connectivity index (χ0n) is 32.1. The van der Waals surface area contributed by atoms with E-state index in [9.17, 15) is 29.1 Å². The first-order chi connectivity index (χ1) is 25.8. The van der Waals surface area contributed by atoms with Crippen molar-refractivity contribution in [2.24, 2.45) is 5.92 Å². The summed E-state index contributed by atoms with van der Waals surface area (Å²) < 4.78 is 17.2. The van der Waals surface area contributed by atoms with Crippen LogP contribution in [0.25, 0.3) is 0 Å². The Bertz CT molecular complexity index is 1600. The third-order valence-corrected chi connectivity index (χ3v) is 11.4. The molecule has 296 valence electrons. The molecule has 54 heavy (non-hydrogen) atoms. The first kappa shape index (κ1) is 39.4. The first-order valence-electron chi connectivity index (χ1n) is 19.7. The van der Waals surface area contributed by atoms with Crippen LogP contribution in [0.2, 0.25) is 0 Å². The van der Waals surface area contributed by atoms with E-state index >= 15 is 0 Å². The number of nitrogens with one attached hydrogen (secondary N) is 2. The number of carboxylic acids is 1. The minimum absolute atomic E-state index is 0.0168. The van der Waals surface area contributed by atoms with Gasteiger partial charge in [0.1, 0.15) is 35.1 Å². The molecule has 1 saturated carbocycles. The van der Waals surface area contributed by atoms with Gasteiger partial charge in [0.25, 0.3) is 0 Å². The number of piperidine rings is 1. The average Bonchev–Trinajstić information content (AvgIpc) is 3.67. The molecule has 5 aliphatic rings. The van der Waals surface area contributed by atoms with Gasteiger partial charge in [0, 0.05) is 25.4 Å². The van der Waals surface area contributed by atoms with E-state index in [1.165, 1.54) is 11.3 Å². The van der Waals surface area contributed by atoms with Crippen molar-refractivity contribution in [1.29, 1.82) is 0 Å². The maximum Gasteiger partial charge on any atom is 0.410 e. The highest BCUT2D eigenvalue weighted by Gasteiger charge is 2.61. The lowest BCUT2D eigenvalue weighted by molar-refractivity contribution is -0.145. The number of carbonyl (C=O) groups excluding carboxylic acids is 4. The third-order valence-electron chi connectivity index (χ3n) is 11.4. The second kappa shape index (κ2) is 16.6. The molecule has 3 fully saturated rings. The third kappa shape index (κ3) is 9.13. The molecule has 1 aromatic carbocycles. The van der Waals surface area contributed by atoms with Crippen LogP contribution in [0.5, 0.6) is 5.75 Å². The fraction of sp³-hybridized carbons (Fsp3) is 0.675. The van der Waals surface area contributed by atoms with Crippen LogP contribution >= 0.6 is 0 Å². The molecule has 4 heterocycles. The summed E-state index contributed by atoms with van der Waals surface area (Å²) >= 11 is 0. The molecular weight excluding hydrogens is 694 g/mol. The minimum atomic E-state index is -1.48. The molecular formula is C40H57N5O9. The summed E-state index contributed by atoms with van der Waals surface area (Å²) in [6, 6.07) is 3.57. The fourth-order valence-electron chi connectivity index (χ4n) is 8.42. The number of carbonyl (C=O) groups is 5. The van der Waals surface area contributed by atoms with Crippen molar-refractivity contribution in [2.45, 2.75) is 127 Å². The number of benzene rings is 1. The number of amides is 4. The van der Waals surface area contributed by atoms with E-state index in [4.69, 9.17) is 14.2 Å². The van der Waals surface area contributed by atoms with Gasteiger partial charge in [-0.25, -0.2) is 14.4 Å². The van der Waals surface area contributed by atoms with Crippen molar-refractivity contribution in [3.63, 3.8) is 0 Å². The average molecular weight is 752 g/mol. The number of carboxylic acid groups (broad SMARTS) is 1.